The van der Waals surface area contributed by atoms with Crippen LogP contribution in [0.3, 0.4) is 0 Å². The second-order valence-corrected chi connectivity index (χ2v) is 5.16. The number of hydrogen-bond donors (Lipinski definition) is 1. The van der Waals surface area contributed by atoms with Crippen molar-refractivity contribution >= 4 is 11.6 Å². The third-order valence-electron chi connectivity index (χ3n) is 3.11. The molecule has 0 heterocycles. The maximum atomic E-state index is 13.9. The molecule has 2 rings (SSSR count). The van der Waals surface area contributed by atoms with Crippen molar-refractivity contribution in [1.82, 2.24) is 5.32 Å². The number of hydrogen-bond acceptors (Lipinski definition) is 1. The quantitative estimate of drug-likeness (QED) is 0.610. The van der Waals surface area contributed by atoms with E-state index < -0.39 is 17.5 Å². The summed E-state index contributed by atoms with van der Waals surface area (Å²) in [6.07, 6.45) is 0.961. The third-order valence-corrected chi connectivity index (χ3v) is 3.35. The highest BCUT2D eigenvalue weighted by Gasteiger charge is 2.14. The molecule has 0 saturated carbocycles. The van der Waals surface area contributed by atoms with Crippen molar-refractivity contribution in [2.75, 3.05) is 6.54 Å². The molecule has 0 bridgehead atoms. The Hall–Kier alpha value is -1.52. The topological polar surface area (TPSA) is 12.0 Å². The van der Waals surface area contributed by atoms with Gasteiger partial charge in [0.05, 0.1) is 0 Å². The number of benzene rings is 2. The van der Waals surface area contributed by atoms with Gasteiger partial charge in [0.2, 0.25) is 0 Å². The zero-order valence-corrected chi connectivity index (χ0v) is 12.3. The first-order chi connectivity index (χ1) is 10.0. The largest absolute Gasteiger partial charge is 0.313 e. The average Bonchev–Trinajstić information content (AvgIpc) is 2.45. The Labute approximate surface area is 126 Å². The van der Waals surface area contributed by atoms with E-state index in [0.29, 0.717) is 23.2 Å². The minimum Gasteiger partial charge on any atom is -0.313 e. The van der Waals surface area contributed by atoms with Crippen LogP contribution < -0.4 is 5.32 Å². The van der Waals surface area contributed by atoms with Crippen LogP contribution in [0.4, 0.5) is 13.2 Å². The van der Waals surface area contributed by atoms with Crippen LogP contribution in [0.2, 0.25) is 5.02 Å². The number of nitrogens with one attached hydrogen (secondary N) is 1. The summed E-state index contributed by atoms with van der Waals surface area (Å²) in [6.45, 7) is 3.34. The zero-order valence-electron chi connectivity index (χ0n) is 11.5. The van der Waals surface area contributed by atoms with Gasteiger partial charge < -0.3 is 5.32 Å². The highest BCUT2D eigenvalue weighted by Crippen LogP contribution is 2.30. The maximum absolute atomic E-state index is 13.9. The lowest BCUT2D eigenvalue weighted by atomic mass is 9.98. The van der Waals surface area contributed by atoms with Crippen LogP contribution in [0, 0.1) is 17.5 Å². The maximum Gasteiger partial charge on any atom is 0.161 e. The predicted molar refractivity (Wildman–Crippen MR) is 78.8 cm³/mol. The monoisotopic (exact) mass is 313 g/mol. The van der Waals surface area contributed by atoms with Crippen LogP contribution in [-0.2, 0) is 6.54 Å². The van der Waals surface area contributed by atoms with E-state index in [9.17, 15) is 13.2 Å². The van der Waals surface area contributed by atoms with Crippen molar-refractivity contribution in [2.45, 2.75) is 19.9 Å². The van der Waals surface area contributed by atoms with Gasteiger partial charge in [-0.05, 0) is 42.3 Å². The van der Waals surface area contributed by atoms with Crippen LogP contribution >= 0.6 is 11.6 Å². The van der Waals surface area contributed by atoms with Gasteiger partial charge in [-0.3, -0.25) is 0 Å². The summed E-state index contributed by atoms with van der Waals surface area (Å²) in [7, 11) is 0. The lowest BCUT2D eigenvalue weighted by Crippen LogP contribution is -2.14. The first-order valence-electron chi connectivity index (χ1n) is 6.67. The van der Waals surface area contributed by atoms with Crippen molar-refractivity contribution < 1.29 is 13.2 Å². The molecule has 0 aliphatic carbocycles. The fourth-order valence-corrected chi connectivity index (χ4v) is 2.25. The van der Waals surface area contributed by atoms with Gasteiger partial charge in [-0.1, -0.05) is 24.6 Å². The van der Waals surface area contributed by atoms with Gasteiger partial charge in [0.1, 0.15) is 5.82 Å². The van der Waals surface area contributed by atoms with Crippen molar-refractivity contribution in [3.63, 3.8) is 0 Å². The van der Waals surface area contributed by atoms with E-state index >= 15 is 0 Å². The lowest BCUT2D eigenvalue weighted by molar-refractivity contribution is 0.496. The standard InChI is InChI=1S/C16H15ClF3N/c1-2-5-21-9-10-3-4-11(17)6-12(10)13-7-15(19)16(20)8-14(13)18/h3-4,6-8,21H,2,5,9H2,1H3. The Kier molecular flexibility index (Phi) is 5.26. The molecule has 2 aromatic rings. The fourth-order valence-electron chi connectivity index (χ4n) is 2.08. The summed E-state index contributed by atoms with van der Waals surface area (Å²) >= 11 is 5.94. The molecule has 1 nitrogen and oxygen atoms in total. The summed E-state index contributed by atoms with van der Waals surface area (Å²) in [5.41, 5.74) is 1.24. The summed E-state index contributed by atoms with van der Waals surface area (Å²) in [5.74, 6) is -3.10. The Morgan fingerprint density at radius 1 is 0.952 bits per heavy atom. The van der Waals surface area contributed by atoms with E-state index in [1.54, 1.807) is 18.2 Å². The molecule has 0 aliphatic heterocycles. The van der Waals surface area contributed by atoms with E-state index in [1.807, 2.05) is 6.92 Å². The van der Waals surface area contributed by atoms with E-state index in [2.05, 4.69) is 5.32 Å². The van der Waals surface area contributed by atoms with Gasteiger partial charge in [-0.15, -0.1) is 0 Å². The van der Waals surface area contributed by atoms with E-state index in [4.69, 9.17) is 11.6 Å². The van der Waals surface area contributed by atoms with Gasteiger partial charge >= 0.3 is 0 Å². The molecule has 112 valence electrons. The van der Waals surface area contributed by atoms with Crippen molar-refractivity contribution in [1.29, 1.82) is 0 Å². The van der Waals surface area contributed by atoms with Crippen LogP contribution in [0.25, 0.3) is 11.1 Å². The molecule has 0 spiro atoms. The van der Waals surface area contributed by atoms with Gasteiger partial charge in [-0.2, -0.15) is 0 Å². The van der Waals surface area contributed by atoms with E-state index in [0.717, 1.165) is 24.6 Å². The van der Waals surface area contributed by atoms with Crippen molar-refractivity contribution in [3.8, 4) is 11.1 Å². The molecule has 0 unspecified atom stereocenters. The van der Waals surface area contributed by atoms with Crippen LogP contribution in [0.5, 0.6) is 0 Å². The molecular weight excluding hydrogens is 299 g/mol. The van der Waals surface area contributed by atoms with Crippen LogP contribution in [0.15, 0.2) is 30.3 Å². The Morgan fingerprint density at radius 2 is 1.67 bits per heavy atom. The van der Waals surface area contributed by atoms with Crippen LogP contribution in [-0.4, -0.2) is 6.54 Å². The van der Waals surface area contributed by atoms with Gasteiger partial charge in [0.15, 0.2) is 11.6 Å². The molecule has 1 N–H and O–H groups in total. The molecule has 21 heavy (non-hydrogen) atoms. The summed E-state index contributed by atoms with van der Waals surface area (Å²) in [6, 6.07) is 6.40. The summed E-state index contributed by atoms with van der Waals surface area (Å²) < 4.78 is 40.4. The lowest BCUT2D eigenvalue weighted by Gasteiger charge is -2.12. The molecule has 0 atom stereocenters. The van der Waals surface area contributed by atoms with Gasteiger partial charge in [-0.25, -0.2) is 13.2 Å². The fraction of sp³-hybridized carbons (Fsp3) is 0.250. The summed E-state index contributed by atoms with van der Waals surface area (Å²) in [4.78, 5) is 0. The highest BCUT2D eigenvalue weighted by molar-refractivity contribution is 6.30. The number of rotatable bonds is 5. The first-order valence-corrected chi connectivity index (χ1v) is 7.04. The smallest absolute Gasteiger partial charge is 0.161 e. The summed E-state index contributed by atoms with van der Waals surface area (Å²) in [5, 5.41) is 3.60. The van der Waals surface area contributed by atoms with E-state index in [-0.39, 0.29) is 5.56 Å². The SMILES string of the molecule is CCCNCc1ccc(Cl)cc1-c1cc(F)c(F)cc1F. The number of halogens is 4. The minimum atomic E-state index is -1.20. The Balaban J connectivity index is 2.46. The molecule has 0 saturated heterocycles. The molecule has 0 fully saturated rings. The first kappa shape index (κ1) is 15.9. The van der Waals surface area contributed by atoms with Crippen molar-refractivity contribution in [2.24, 2.45) is 0 Å². The third kappa shape index (κ3) is 3.77. The molecule has 0 radical (unpaired) electrons. The van der Waals surface area contributed by atoms with Gasteiger partial charge in [0.25, 0.3) is 0 Å². The predicted octanol–water partition coefficient (Wildman–Crippen LogP) is 4.92. The zero-order chi connectivity index (χ0) is 15.4. The molecule has 2 aromatic carbocycles. The molecule has 0 amide bonds. The van der Waals surface area contributed by atoms with Crippen LogP contribution in [0.1, 0.15) is 18.9 Å². The second-order valence-electron chi connectivity index (χ2n) is 4.72. The Bertz CT molecular complexity index is 644. The molecule has 5 heteroatoms. The second kappa shape index (κ2) is 6.96. The minimum absolute atomic E-state index is 0.00435. The average molecular weight is 314 g/mol. The van der Waals surface area contributed by atoms with Crippen molar-refractivity contribution in [3.05, 3.63) is 58.4 Å². The Morgan fingerprint density at radius 3 is 2.38 bits per heavy atom. The van der Waals surface area contributed by atoms with E-state index in [1.165, 1.54) is 0 Å². The molecule has 0 aromatic heterocycles. The highest BCUT2D eigenvalue weighted by atomic mass is 35.5. The normalized spacial score (nSPS) is 10.9. The molecular formula is C16H15ClF3N. The van der Waals surface area contributed by atoms with Gasteiger partial charge in [0, 0.05) is 23.2 Å². The molecule has 0 aliphatic rings.